The van der Waals surface area contributed by atoms with Crippen molar-refractivity contribution in [3.8, 4) is 0 Å². The van der Waals surface area contributed by atoms with E-state index in [9.17, 15) is 4.79 Å². The van der Waals surface area contributed by atoms with Crippen LogP contribution in [-0.2, 0) is 4.79 Å². The Balaban J connectivity index is 2.09. The average molecular weight is 243 g/mol. The number of carbonyl (C=O) groups excluding carboxylic acids is 1. The molecule has 1 aliphatic rings. The number of amides is 1. The van der Waals surface area contributed by atoms with E-state index in [2.05, 4.69) is 29.5 Å². The van der Waals surface area contributed by atoms with E-state index in [1.807, 2.05) is 11.8 Å². The van der Waals surface area contributed by atoms with Gasteiger partial charge < -0.3 is 10.6 Å². The van der Waals surface area contributed by atoms with Crippen LogP contribution in [0.5, 0.6) is 0 Å². The molecule has 1 unspecified atom stereocenters. The lowest BCUT2D eigenvalue weighted by Gasteiger charge is -2.11. The first-order chi connectivity index (χ1) is 7.58. The Labute approximate surface area is 102 Å². The van der Waals surface area contributed by atoms with Crippen LogP contribution in [0.4, 0.5) is 0 Å². The summed E-state index contributed by atoms with van der Waals surface area (Å²) in [6.45, 7) is 8.33. The van der Waals surface area contributed by atoms with Crippen molar-refractivity contribution in [2.45, 2.75) is 32.4 Å². The van der Waals surface area contributed by atoms with Gasteiger partial charge in [-0.25, -0.2) is 0 Å². The first-order valence-corrected chi connectivity index (χ1v) is 6.65. The van der Waals surface area contributed by atoms with Crippen molar-refractivity contribution in [2.75, 3.05) is 19.6 Å². The number of thioether (sulfide) groups is 1. The van der Waals surface area contributed by atoms with Crippen molar-refractivity contribution in [2.24, 2.45) is 10.9 Å². The second-order valence-corrected chi connectivity index (χ2v) is 5.71. The van der Waals surface area contributed by atoms with E-state index in [1.54, 1.807) is 0 Å². The summed E-state index contributed by atoms with van der Waals surface area (Å²) in [5.41, 5.74) is 0. The molecule has 0 bridgehead atoms. The Morgan fingerprint density at radius 1 is 1.56 bits per heavy atom. The summed E-state index contributed by atoms with van der Waals surface area (Å²) in [7, 11) is 0. The van der Waals surface area contributed by atoms with Crippen LogP contribution in [0.25, 0.3) is 0 Å². The van der Waals surface area contributed by atoms with Gasteiger partial charge in [-0.05, 0) is 12.3 Å². The normalized spacial score (nSPS) is 19.8. The summed E-state index contributed by atoms with van der Waals surface area (Å²) in [6.07, 6.45) is 1.21. The lowest BCUT2D eigenvalue weighted by molar-refractivity contribution is -0.118. The van der Waals surface area contributed by atoms with E-state index in [-0.39, 0.29) is 5.91 Å². The van der Waals surface area contributed by atoms with Crippen molar-refractivity contribution in [1.82, 2.24) is 10.6 Å². The summed E-state index contributed by atoms with van der Waals surface area (Å²) in [5.74, 6) is 0.743. The topological polar surface area (TPSA) is 53.5 Å². The molecule has 0 saturated heterocycles. The molecule has 1 rings (SSSR count). The molecule has 0 radical (unpaired) electrons. The number of nitrogens with zero attached hydrogens (tertiary/aromatic N) is 1. The van der Waals surface area contributed by atoms with Crippen LogP contribution in [0.15, 0.2) is 4.99 Å². The van der Waals surface area contributed by atoms with Gasteiger partial charge in [-0.1, -0.05) is 25.6 Å². The van der Waals surface area contributed by atoms with Gasteiger partial charge in [0.2, 0.25) is 5.91 Å². The molecule has 1 amide bonds. The number of hydrogen-bond donors (Lipinski definition) is 2. The number of carbonyl (C=O) groups is 1. The van der Waals surface area contributed by atoms with Crippen molar-refractivity contribution >= 4 is 22.8 Å². The van der Waals surface area contributed by atoms with Gasteiger partial charge in [-0.15, -0.1) is 0 Å². The summed E-state index contributed by atoms with van der Waals surface area (Å²) < 4.78 is 0. The molecule has 92 valence electrons. The summed E-state index contributed by atoms with van der Waals surface area (Å²) >= 11 is 1.82. The van der Waals surface area contributed by atoms with Gasteiger partial charge in [-0.3, -0.25) is 9.79 Å². The maximum absolute atomic E-state index is 10.6. The third-order valence-electron chi connectivity index (χ3n) is 2.23. The van der Waals surface area contributed by atoms with Crippen LogP contribution >= 0.6 is 11.8 Å². The van der Waals surface area contributed by atoms with E-state index in [4.69, 9.17) is 0 Å². The van der Waals surface area contributed by atoms with E-state index in [0.29, 0.717) is 11.8 Å². The van der Waals surface area contributed by atoms with Gasteiger partial charge in [0.05, 0.1) is 6.54 Å². The highest BCUT2D eigenvalue weighted by Crippen LogP contribution is 2.25. The lowest BCUT2D eigenvalue weighted by Crippen LogP contribution is -2.32. The van der Waals surface area contributed by atoms with Crippen LogP contribution in [0, 0.1) is 5.92 Å². The largest absolute Gasteiger partial charge is 0.363 e. The molecule has 1 atom stereocenters. The second kappa shape index (κ2) is 6.78. The van der Waals surface area contributed by atoms with Gasteiger partial charge in [0.1, 0.15) is 0 Å². The average Bonchev–Trinajstić information content (AvgIpc) is 2.59. The third kappa shape index (κ3) is 5.39. The molecule has 16 heavy (non-hydrogen) atoms. The fraction of sp³-hybridized carbons (Fsp3) is 0.818. The van der Waals surface area contributed by atoms with Crippen LogP contribution in [0.3, 0.4) is 0 Å². The SMILES string of the molecule is CC(=O)NCCNC1=NCC(CC(C)C)S1. The molecule has 5 heteroatoms. The molecule has 0 aliphatic carbocycles. The first-order valence-electron chi connectivity index (χ1n) is 5.77. The van der Waals surface area contributed by atoms with Crippen LogP contribution in [-0.4, -0.2) is 36.0 Å². The van der Waals surface area contributed by atoms with Crippen molar-refractivity contribution in [1.29, 1.82) is 0 Å². The predicted molar refractivity (Wildman–Crippen MR) is 69.8 cm³/mol. The van der Waals surface area contributed by atoms with Crippen LogP contribution < -0.4 is 10.6 Å². The minimum Gasteiger partial charge on any atom is -0.363 e. The number of aliphatic imine (C=N–C) groups is 1. The standard InChI is InChI=1S/C11H21N3OS/c1-8(2)6-10-7-14-11(16-10)13-5-4-12-9(3)15/h8,10H,4-7H2,1-3H3,(H,12,15)(H,13,14). The fourth-order valence-electron chi connectivity index (χ4n) is 1.57. The van der Waals surface area contributed by atoms with Crippen LogP contribution in [0.2, 0.25) is 0 Å². The van der Waals surface area contributed by atoms with Gasteiger partial charge in [0.25, 0.3) is 0 Å². The Bertz CT molecular complexity index is 266. The number of rotatable bonds is 5. The maximum Gasteiger partial charge on any atom is 0.216 e. The Morgan fingerprint density at radius 2 is 2.31 bits per heavy atom. The Morgan fingerprint density at radius 3 is 2.94 bits per heavy atom. The molecule has 0 aromatic carbocycles. The Kier molecular flexibility index (Phi) is 5.66. The quantitative estimate of drug-likeness (QED) is 0.714. The predicted octanol–water partition coefficient (Wildman–Crippen LogP) is 1.23. The summed E-state index contributed by atoms with van der Waals surface area (Å²) in [5, 5.41) is 7.64. The molecular weight excluding hydrogens is 222 g/mol. The van der Waals surface area contributed by atoms with E-state index < -0.39 is 0 Å². The van der Waals surface area contributed by atoms with Gasteiger partial charge >= 0.3 is 0 Å². The van der Waals surface area contributed by atoms with Gasteiger partial charge in [-0.2, -0.15) is 0 Å². The monoisotopic (exact) mass is 243 g/mol. The van der Waals surface area contributed by atoms with Gasteiger partial charge in [0, 0.05) is 25.3 Å². The molecule has 1 heterocycles. The minimum absolute atomic E-state index is 0.0144. The van der Waals surface area contributed by atoms with Crippen molar-refractivity contribution in [3.63, 3.8) is 0 Å². The van der Waals surface area contributed by atoms with E-state index in [0.717, 1.165) is 24.2 Å². The fourth-order valence-corrected chi connectivity index (χ4v) is 2.85. The molecular formula is C11H21N3OS. The maximum atomic E-state index is 10.6. The Hall–Kier alpha value is -0.710. The van der Waals surface area contributed by atoms with Gasteiger partial charge in [0.15, 0.2) is 5.17 Å². The first kappa shape index (κ1) is 13.4. The molecule has 0 saturated carbocycles. The van der Waals surface area contributed by atoms with E-state index >= 15 is 0 Å². The highest BCUT2D eigenvalue weighted by molar-refractivity contribution is 8.14. The minimum atomic E-state index is 0.0144. The highest BCUT2D eigenvalue weighted by atomic mass is 32.2. The van der Waals surface area contributed by atoms with E-state index in [1.165, 1.54) is 13.3 Å². The summed E-state index contributed by atoms with van der Waals surface area (Å²) in [4.78, 5) is 15.1. The summed E-state index contributed by atoms with van der Waals surface area (Å²) in [6, 6.07) is 0. The number of nitrogens with one attached hydrogen (secondary N) is 2. The molecule has 1 aliphatic heterocycles. The van der Waals surface area contributed by atoms with Crippen LogP contribution in [0.1, 0.15) is 27.2 Å². The second-order valence-electron chi connectivity index (χ2n) is 4.42. The zero-order valence-electron chi connectivity index (χ0n) is 10.2. The number of amidine groups is 1. The zero-order valence-corrected chi connectivity index (χ0v) is 11.1. The molecule has 0 aromatic rings. The number of hydrogen-bond acceptors (Lipinski definition) is 4. The molecule has 0 aromatic heterocycles. The molecule has 0 spiro atoms. The molecule has 2 N–H and O–H groups in total. The van der Waals surface area contributed by atoms with Crippen molar-refractivity contribution in [3.05, 3.63) is 0 Å². The highest BCUT2D eigenvalue weighted by Gasteiger charge is 2.19. The lowest BCUT2D eigenvalue weighted by atomic mass is 10.1. The smallest absolute Gasteiger partial charge is 0.216 e. The van der Waals surface area contributed by atoms with Crippen molar-refractivity contribution < 1.29 is 4.79 Å². The third-order valence-corrected chi connectivity index (χ3v) is 3.40. The zero-order chi connectivity index (χ0) is 12.0. The molecule has 0 fully saturated rings. The molecule has 4 nitrogen and oxygen atoms in total.